The fourth-order valence-corrected chi connectivity index (χ4v) is 4.15. The molecular formula is C25H24N6O. The van der Waals surface area contributed by atoms with Crippen molar-refractivity contribution in [2.75, 3.05) is 0 Å². The second-order valence-electron chi connectivity index (χ2n) is 8.29. The van der Waals surface area contributed by atoms with E-state index in [2.05, 4.69) is 39.0 Å². The highest BCUT2D eigenvalue weighted by atomic mass is 16.1. The Kier molecular flexibility index (Phi) is 4.74. The van der Waals surface area contributed by atoms with E-state index in [0.717, 1.165) is 50.5 Å². The summed E-state index contributed by atoms with van der Waals surface area (Å²) in [7, 11) is 1.81. The molecule has 3 heterocycles. The number of rotatable bonds is 4. The van der Waals surface area contributed by atoms with Gasteiger partial charge < -0.3 is 4.98 Å². The van der Waals surface area contributed by atoms with Gasteiger partial charge >= 0.3 is 5.69 Å². The Hall–Kier alpha value is -4.00. The van der Waals surface area contributed by atoms with Crippen LogP contribution in [0.4, 0.5) is 0 Å². The number of imidazole rings is 2. The van der Waals surface area contributed by atoms with Gasteiger partial charge in [0.2, 0.25) is 0 Å². The van der Waals surface area contributed by atoms with Gasteiger partial charge in [-0.15, -0.1) is 0 Å². The van der Waals surface area contributed by atoms with Gasteiger partial charge in [0.1, 0.15) is 5.82 Å². The normalized spacial score (nSPS) is 11.5. The summed E-state index contributed by atoms with van der Waals surface area (Å²) in [4.78, 5) is 29.5. The molecular weight excluding hydrogens is 400 g/mol. The number of hydrogen-bond donors (Lipinski definition) is 1. The van der Waals surface area contributed by atoms with E-state index in [9.17, 15) is 4.79 Å². The maximum Gasteiger partial charge on any atom is 0.329 e. The van der Waals surface area contributed by atoms with Gasteiger partial charge in [0.25, 0.3) is 0 Å². The molecule has 0 fully saturated rings. The molecule has 5 rings (SSSR count). The number of nitrogens with one attached hydrogen (secondary N) is 1. The molecule has 0 atom stereocenters. The summed E-state index contributed by atoms with van der Waals surface area (Å²) in [6.07, 6.45) is 6.94. The molecule has 1 N–H and O–H groups in total. The predicted molar refractivity (Wildman–Crippen MR) is 126 cm³/mol. The first-order valence-corrected chi connectivity index (χ1v) is 10.6. The number of fused-ring (bicyclic) bond motifs is 1. The highest BCUT2D eigenvalue weighted by Crippen LogP contribution is 2.32. The van der Waals surface area contributed by atoms with Crippen molar-refractivity contribution < 1.29 is 0 Å². The first-order valence-electron chi connectivity index (χ1n) is 10.6. The highest BCUT2D eigenvalue weighted by molar-refractivity contribution is 5.83. The lowest BCUT2D eigenvalue weighted by Crippen LogP contribution is -2.23. The van der Waals surface area contributed by atoms with Gasteiger partial charge in [0.05, 0.1) is 34.8 Å². The molecule has 0 aliphatic rings. The average molecular weight is 425 g/mol. The van der Waals surface area contributed by atoms with Crippen LogP contribution in [0, 0.1) is 6.92 Å². The van der Waals surface area contributed by atoms with Crippen molar-refractivity contribution in [3.8, 4) is 33.9 Å². The van der Waals surface area contributed by atoms with E-state index in [1.54, 1.807) is 23.2 Å². The Balaban J connectivity index is 1.61. The number of hydrogen-bond acceptors (Lipinski definition) is 4. The standard InChI is InChI=1S/C25H24N6O/c1-15(2)31-22-8-6-17(12-23(22)30(4)25(31)32)20-14-28-24(29-20)19-11-16(3)5-7-18(19)21-13-26-9-10-27-21/h5-15H,1-4H3,(H,28,29). The molecule has 0 amide bonds. The molecule has 7 heteroatoms. The van der Waals surface area contributed by atoms with Crippen LogP contribution in [0.5, 0.6) is 0 Å². The molecule has 0 unspecified atom stereocenters. The van der Waals surface area contributed by atoms with E-state index in [4.69, 9.17) is 0 Å². The van der Waals surface area contributed by atoms with Crippen LogP contribution >= 0.6 is 0 Å². The molecule has 0 aliphatic heterocycles. The maximum absolute atomic E-state index is 12.7. The van der Waals surface area contributed by atoms with Crippen LogP contribution in [-0.4, -0.2) is 29.1 Å². The van der Waals surface area contributed by atoms with Crippen LogP contribution in [0.25, 0.3) is 44.9 Å². The number of benzene rings is 2. The molecule has 0 spiro atoms. The number of aromatic amines is 1. The topological polar surface area (TPSA) is 81.4 Å². The van der Waals surface area contributed by atoms with Gasteiger partial charge in [-0.25, -0.2) is 9.78 Å². The van der Waals surface area contributed by atoms with E-state index >= 15 is 0 Å². The number of aryl methyl sites for hydroxylation is 2. The quantitative estimate of drug-likeness (QED) is 0.452. The van der Waals surface area contributed by atoms with Crippen molar-refractivity contribution in [2.24, 2.45) is 7.05 Å². The Morgan fingerprint density at radius 2 is 1.78 bits per heavy atom. The lowest BCUT2D eigenvalue weighted by atomic mass is 10.0. The van der Waals surface area contributed by atoms with Gasteiger partial charge in [-0.2, -0.15) is 0 Å². The van der Waals surface area contributed by atoms with Gasteiger partial charge in [0, 0.05) is 42.2 Å². The molecule has 0 aliphatic carbocycles. The minimum atomic E-state index is -0.00850. The third kappa shape index (κ3) is 3.22. The first-order chi connectivity index (χ1) is 15.4. The van der Waals surface area contributed by atoms with E-state index < -0.39 is 0 Å². The minimum absolute atomic E-state index is 0.00850. The summed E-state index contributed by atoms with van der Waals surface area (Å²) >= 11 is 0. The van der Waals surface area contributed by atoms with Gasteiger partial charge in [0.15, 0.2) is 0 Å². The summed E-state index contributed by atoms with van der Waals surface area (Å²) in [5.74, 6) is 0.762. The van der Waals surface area contributed by atoms with Gasteiger partial charge in [-0.3, -0.25) is 19.1 Å². The lowest BCUT2D eigenvalue weighted by Gasteiger charge is -2.08. The summed E-state index contributed by atoms with van der Waals surface area (Å²) in [5, 5.41) is 0. The smallest absolute Gasteiger partial charge is 0.329 e. The van der Waals surface area contributed by atoms with Crippen molar-refractivity contribution in [3.63, 3.8) is 0 Å². The van der Waals surface area contributed by atoms with Crippen LogP contribution < -0.4 is 5.69 Å². The van der Waals surface area contributed by atoms with Gasteiger partial charge in [-0.1, -0.05) is 23.8 Å². The monoisotopic (exact) mass is 424 g/mol. The van der Waals surface area contributed by atoms with E-state index in [1.807, 2.05) is 55.9 Å². The minimum Gasteiger partial charge on any atom is -0.338 e. The van der Waals surface area contributed by atoms with Gasteiger partial charge in [-0.05, 0) is 39.0 Å². The fraction of sp³-hybridized carbons (Fsp3) is 0.200. The molecule has 0 saturated heterocycles. The second-order valence-corrected chi connectivity index (χ2v) is 8.29. The molecule has 32 heavy (non-hydrogen) atoms. The number of H-pyrrole nitrogens is 1. The molecule has 160 valence electrons. The van der Waals surface area contributed by atoms with E-state index in [0.29, 0.717) is 0 Å². The number of aromatic nitrogens is 6. The SMILES string of the molecule is Cc1ccc(-c2cnccn2)c(-c2ncc(-c3ccc4c(c3)n(C)c(=O)n4C(C)C)[nH]2)c1. The Bertz CT molecular complexity index is 1490. The largest absolute Gasteiger partial charge is 0.338 e. The average Bonchev–Trinajstić information content (AvgIpc) is 3.38. The zero-order chi connectivity index (χ0) is 22.4. The maximum atomic E-state index is 12.7. The van der Waals surface area contributed by atoms with Crippen molar-refractivity contribution in [2.45, 2.75) is 26.8 Å². The van der Waals surface area contributed by atoms with Crippen LogP contribution in [0.3, 0.4) is 0 Å². The van der Waals surface area contributed by atoms with Crippen LogP contribution in [0.1, 0.15) is 25.5 Å². The molecule has 0 saturated carbocycles. The molecule has 2 aromatic carbocycles. The molecule has 7 nitrogen and oxygen atoms in total. The summed E-state index contributed by atoms with van der Waals surface area (Å²) < 4.78 is 3.51. The highest BCUT2D eigenvalue weighted by Gasteiger charge is 2.16. The Morgan fingerprint density at radius 3 is 2.53 bits per heavy atom. The Morgan fingerprint density at radius 1 is 0.938 bits per heavy atom. The zero-order valence-corrected chi connectivity index (χ0v) is 18.5. The van der Waals surface area contributed by atoms with Crippen LogP contribution in [-0.2, 0) is 7.05 Å². The summed E-state index contributed by atoms with van der Waals surface area (Å²) in [6, 6.07) is 12.4. The third-order valence-electron chi connectivity index (χ3n) is 5.76. The molecule has 3 aromatic heterocycles. The Labute approximate surface area is 185 Å². The zero-order valence-electron chi connectivity index (χ0n) is 18.5. The predicted octanol–water partition coefficient (Wildman–Crippen LogP) is 4.74. The summed E-state index contributed by atoms with van der Waals surface area (Å²) in [6.45, 7) is 6.10. The lowest BCUT2D eigenvalue weighted by molar-refractivity contribution is 0.583. The van der Waals surface area contributed by atoms with E-state index in [1.165, 1.54) is 0 Å². The molecule has 0 radical (unpaired) electrons. The molecule has 0 bridgehead atoms. The molecule has 5 aromatic rings. The fourth-order valence-electron chi connectivity index (χ4n) is 4.15. The van der Waals surface area contributed by atoms with Crippen molar-refractivity contribution in [1.29, 1.82) is 0 Å². The van der Waals surface area contributed by atoms with Crippen molar-refractivity contribution in [3.05, 3.63) is 77.2 Å². The first kappa shape index (κ1) is 19.9. The van der Waals surface area contributed by atoms with Crippen LogP contribution in [0.2, 0.25) is 0 Å². The van der Waals surface area contributed by atoms with Crippen molar-refractivity contribution in [1.82, 2.24) is 29.1 Å². The number of nitrogens with zero attached hydrogens (tertiary/aromatic N) is 5. The second kappa shape index (κ2) is 7.60. The van der Waals surface area contributed by atoms with E-state index in [-0.39, 0.29) is 11.7 Å². The third-order valence-corrected chi connectivity index (χ3v) is 5.76. The van der Waals surface area contributed by atoms with Crippen LogP contribution in [0.15, 0.2) is 66.0 Å². The summed E-state index contributed by atoms with van der Waals surface area (Å²) in [5.41, 5.74) is 7.55. The van der Waals surface area contributed by atoms with Crippen molar-refractivity contribution >= 4 is 11.0 Å².